The molecular formula is C13H23BrN2S. The topological polar surface area (TPSA) is 29.3 Å². The molecule has 0 fully saturated rings. The number of hydrogen-bond acceptors (Lipinski definition) is 3. The summed E-state index contributed by atoms with van der Waals surface area (Å²) in [6.07, 6.45) is 2.30. The van der Waals surface area contributed by atoms with Crippen LogP contribution in [0.3, 0.4) is 0 Å². The molecule has 0 aliphatic carbocycles. The molecule has 98 valence electrons. The average molecular weight is 319 g/mol. The van der Waals surface area contributed by atoms with Gasteiger partial charge in [0.25, 0.3) is 0 Å². The van der Waals surface area contributed by atoms with Gasteiger partial charge in [0.1, 0.15) is 0 Å². The van der Waals surface area contributed by atoms with E-state index in [1.165, 1.54) is 9.35 Å². The molecule has 0 saturated heterocycles. The molecule has 0 aromatic carbocycles. The van der Waals surface area contributed by atoms with E-state index in [1.807, 2.05) is 11.3 Å². The monoisotopic (exact) mass is 318 g/mol. The van der Waals surface area contributed by atoms with Gasteiger partial charge < -0.3 is 10.6 Å². The molecule has 0 radical (unpaired) electrons. The van der Waals surface area contributed by atoms with Crippen molar-refractivity contribution < 1.29 is 0 Å². The Morgan fingerprint density at radius 3 is 2.65 bits per heavy atom. The van der Waals surface area contributed by atoms with Crippen LogP contribution in [0.2, 0.25) is 0 Å². The third kappa shape index (κ3) is 6.00. The summed E-state index contributed by atoms with van der Waals surface area (Å²) in [6, 6.07) is 2.21. The molecule has 0 spiro atoms. The zero-order valence-corrected chi connectivity index (χ0v) is 13.4. The van der Waals surface area contributed by atoms with Crippen molar-refractivity contribution in [2.45, 2.75) is 26.7 Å². The first-order valence-electron chi connectivity index (χ1n) is 6.04. The van der Waals surface area contributed by atoms with E-state index in [-0.39, 0.29) is 5.41 Å². The van der Waals surface area contributed by atoms with E-state index < -0.39 is 0 Å². The van der Waals surface area contributed by atoms with Crippen molar-refractivity contribution in [3.8, 4) is 0 Å². The molecule has 2 nitrogen and oxygen atoms in total. The van der Waals surface area contributed by atoms with Gasteiger partial charge >= 0.3 is 0 Å². The number of likely N-dealkylation sites (N-methyl/N-ethyl adjacent to an activating group) is 1. The Bertz CT molecular complexity index is 336. The van der Waals surface area contributed by atoms with Crippen LogP contribution in [0.5, 0.6) is 0 Å². The van der Waals surface area contributed by atoms with E-state index in [2.05, 4.69) is 53.2 Å². The van der Waals surface area contributed by atoms with E-state index in [0.717, 1.165) is 32.5 Å². The predicted octanol–water partition coefficient (Wildman–Crippen LogP) is 3.36. The van der Waals surface area contributed by atoms with Gasteiger partial charge in [0, 0.05) is 21.3 Å². The van der Waals surface area contributed by atoms with Gasteiger partial charge in [0.05, 0.1) is 0 Å². The Balaban J connectivity index is 2.24. The lowest BCUT2D eigenvalue weighted by Gasteiger charge is -2.25. The maximum Gasteiger partial charge on any atom is 0.0285 e. The molecule has 1 heterocycles. The highest BCUT2D eigenvalue weighted by Crippen LogP contribution is 2.21. The number of nitrogens with zero attached hydrogens (tertiary/aromatic N) is 1. The van der Waals surface area contributed by atoms with E-state index in [1.54, 1.807) is 0 Å². The minimum Gasteiger partial charge on any atom is -0.330 e. The van der Waals surface area contributed by atoms with Crippen molar-refractivity contribution in [2.75, 3.05) is 26.7 Å². The summed E-state index contributed by atoms with van der Waals surface area (Å²) in [5.41, 5.74) is 6.00. The lowest BCUT2D eigenvalue weighted by atomic mass is 9.89. The van der Waals surface area contributed by atoms with Gasteiger partial charge in [-0.05, 0) is 60.4 Å². The maximum atomic E-state index is 5.74. The van der Waals surface area contributed by atoms with Crippen LogP contribution in [-0.2, 0) is 6.42 Å². The molecule has 1 aromatic heterocycles. The molecule has 0 saturated carbocycles. The van der Waals surface area contributed by atoms with E-state index in [9.17, 15) is 0 Å². The average Bonchev–Trinajstić information content (AvgIpc) is 2.70. The highest BCUT2D eigenvalue weighted by atomic mass is 79.9. The van der Waals surface area contributed by atoms with Gasteiger partial charge in [0.15, 0.2) is 0 Å². The molecule has 1 aromatic rings. The summed E-state index contributed by atoms with van der Waals surface area (Å²) in [6.45, 7) is 7.47. The number of thiophene rings is 1. The smallest absolute Gasteiger partial charge is 0.0285 e. The molecule has 0 unspecified atom stereocenters. The van der Waals surface area contributed by atoms with Crippen LogP contribution in [0.4, 0.5) is 0 Å². The first kappa shape index (κ1) is 15.2. The van der Waals surface area contributed by atoms with Crippen LogP contribution in [0, 0.1) is 5.41 Å². The molecular weight excluding hydrogens is 296 g/mol. The molecule has 0 atom stereocenters. The molecule has 0 aliphatic heterocycles. The van der Waals surface area contributed by atoms with Crippen LogP contribution in [0.25, 0.3) is 0 Å². The Kier molecular flexibility index (Phi) is 6.13. The third-order valence-electron chi connectivity index (χ3n) is 3.08. The summed E-state index contributed by atoms with van der Waals surface area (Å²) in [4.78, 5) is 3.84. The Morgan fingerprint density at radius 1 is 1.41 bits per heavy atom. The van der Waals surface area contributed by atoms with Crippen LogP contribution in [0.15, 0.2) is 15.9 Å². The minimum absolute atomic E-state index is 0.264. The van der Waals surface area contributed by atoms with Gasteiger partial charge in [-0.2, -0.15) is 0 Å². The van der Waals surface area contributed by atoms with Crippen LogP contribution in [-0.4, -0.2) is 31.6 Å². The second kappa shape index (κ2) is 6.88. The SMILES string of the molecule is CN(CCc1cc(Br)cs1)CCC(C)(C)CN. The van der Waals surface area contributed by atoms with Gasteiger partial charge in [-0.3, -0.25) is 0 Å². The maximum absolute atomic E-state index is 5.74. The zero-order chi connectivity index (χ0) is 12.9. The zero-order valence-electron chi connectivity index (χ0n) is 11.0. The first-order chi connectivity index (χ1) is 7.93. The van der Waals surface area contributed by atoms with Crippen LogP contribution in [0.1, 0.15) is 25.1 Å². The fraction of sp³-hybridized carbons (Fsp3) is 0.692. The highest BCUT2D eigenvalue weighted by Gasteiger charge is 2.15. The number of nitrogens with two attached hydrogens (primary N) is 1. The van der Waals surface area contributed by atoms with Crippen molar-refractivity contribution in [3.05, 3.63) is 20.8 Å². The molecule has 2 N–H and O–H groups in total. The Hall–Kier alpha value is 0.1000. The van der Waals surface area contributed by atoms with Gasteiger partial charge in [-0.25, -0.2) is 0 Å². The largest absolute Gasteiger partial charge is 0.330 e. The minimum atomic E-state index is 0.264. The quantitative estimate of drug-likeness (QED) is 0.835. The van der Waals surface area contributed by atoms with E-state index in [4.69, 9.17) is 5.73 Å². The summed E-state index contributed by atoms with van der Waals surface area (Å²) in [5, 5.41) is 2.15. The molecule has 1 rings (SSSR count). The summed E-state index contributed by atoms with van der Waals surface area (Å²) >= 11 is 5.31. The van der Waals surface area contributed by atoms with Gasteiger partial charge in [-0.1, -0.05) is 13.8 Å². The van der Waals surface area contributed by atoms with Crippen LogP contribution >= 0.6 is 27.3 Å². The Labute approximate surface area is 117 Å². The molecule has 0 bridgehead atoms. The second-order valence-electron chi connectivity index (χ2n) is 5.40. The molecule has 17 heavy (non-hydrogen) atoms. The summed E-state index contributed by atoms with van der Waals surface area (Å²) < 4.78 is 1.20. The summed E-state index contributed by atoms with van der Waals surface area (Å²) in [7, 11) is 2.19. The van der Waals surface area contributed by atoms with Crippen molar-refractivity contribution in [2.24, 2.45) is 11.1 Å². The highest BCUT2D eigenvalue weighted by molar-refractivity contribution is 9.10. The fourth-order valence-corrected chi connectivity index (χ4v) is 2.94. The van der Waals surface area contributed by atoms with Gasteiger partial charge in [0.2, 0.25) is 0 Å². The van der Waals surface area contributed by atoms with Crippen molar-refractivity contribution in [1.29, 1.82) is 0 Å². The fourth-order valence-electron chi connectivity index (χ4n) is 1.49. The van der Waals surface area contributed by atoms with Gasteiger partial charge in [-0.15, -0.1) is 11.3 Å². The lowest BCUT2D eigenvalue weighted by molar-refractivity contribution is 0.256. The van der Waals surface area contributed by atoms with Crippen LogP contribution < -0.4 is 5.73 Å². The predicted molar refractivity (Wildman–Crippen MR) is 80.7 cm³/mol. The van der Waals surface area contributed by atoms with E-state index >= 15 is 0 Å². The second-order valence-corrected chi connectivity index (χ2v) is 7.31. The number of halogens is 1. The first-order valence-corrected chi connectivity index (χ1v) is 7.72. The van der Waals surface area contributed by atoms with Crippen molar-refractivity contribution >= 4 is 27.3 Å². The third-order valence-corrected chi connectivity index (χ3v) is 4.84. The lowest BCUT2D eigenvalue weighted by Crippen LogP contribution is -2.30. The number of hydrogen-bond donors (Lipinski definition) is 1. The summed E-state index contributed by atoms with van der Waals surface area (Å²) in [5.74, 6) is 0. The van der Waals surface area contributed by atoms with Crippen molar-refractivity contribution in [1.82, 2.24) is 4.90 Å². The standard InChI is InChI=1S/C13H23BrN2S/c1-13(2,10-15)5-7-16(3)6-4-12-8-11(14)9-17-12/h8-9H,4-7,10,15H2,1-3H3. The normalized spacial score (nSPS) is 12.4. The molecule has 4 heteroatoms. The molecule has 0 aliphatic rings. The molecule has 0 amide bonds. The Morgan fingerprint density at radius 2 is 2.12 bits per heavy atom. The van der Waals surface area contributed by atoms with E-state index in [0.29, 0.717) is 0 Å². The number of rotatable bonds is 7. The van der Waals surface area contributed by atoms with Crippen molar-refractivity contribution in [3.63, 3.8) is 0 Å².